The minimum absolute atomic E-state index is 0.0935. The second-order valence-corrected chi connectivity index (χ2v) is 6.11. The summed E-state index contributed by atoms with van der Waals surface area (Å²) in [6.07, 6.45) is 0. The molecule has 2 N–H and O–H groups in total. The molecule has 1 aliphatic heterocycles. The molecule has 0 fully saturated rings. The number of fused-ring (bicyclic) bond motifs is 1. The van der Waals surface area contributed by atoms with Crippen molar-refractivity contribution in [3.8, 4) is 11.5 Å². The molecule has 0 aliphatic carbocycles. The molecule has 0 bridgehead atoms. The van der Waals surface area contributed by atoms with Crippen LogP contribution < -0.4 is 14.8 Å². The van der Waals surface area contributed by atoms with Crippen LogP contribution in [0.1, 0.15) is 27.6 Å². The summed E-state index contributed by atoms with van der Waals surface area (Å²) in [5.41, 5.74) is 0.957. The summed E-state index contributed by atoms with van der Waals surface area (Å²) in [6, 6.07) is 10.7. The first-order valence-electron chi connectivity index (χ1n) is 8.80. The zero-order valence-electron chi connectivity index (χ0n) is 15.3. The van der Waals surface area contributed by atoms with Crippen LogP contribution in [-0.4, -0.2) is 54.1 Å². The van der Waals surface area contributed by atoms with Gasteiger partial charge in [-0.2, -0.15) is 0 Å². The first kappa shape index (κ1) is 19.2. The van der Waals surface area contributed by atoms with Gasteiger partial charge < -0.3 is 24.8 Å². The summed E-state index contributed by atoms with van der Waals surface area (Å²) in [6.45, 7) is 2.89. The van der Waals surface area contributed by atoms with Crippen molar-refractivity contribution in [2.75, 3.05) is 31.6 Å². The van der Waals surface area contributed by atoms with Gasteiger partial charge in [-0.25, -0.2) is 4.79 Å². The number of carboxylic acid groups (broad SMARTS) is 1. The van der Waals surface area contributed by atoms with E-state index in [1.165, 1.54) is 29.2 Å². The van der Waals surface area contributed by atoms with Crippen molar-refractivity contribution in [1.29, 1.82) is 0 Å². The summed E-state index contributed by atoms with van der Waals surface area (Å²) in [4.78, 5) is 37.3. The molecule has 2 amide bonds. The quantitative estimate of drug-likeness (QED) is 0.792. The van der Waals surface area contributed by atoms with E-state index in [0.717, 1.165) is 0 Å². The fourth-order valence-corrected chi connectivity index (χ4v) is 2.76. The van der Waals surface area contributed by atoms with Gasteiger partial charge in [-0.3, -0.25) is 9.59 Å². The highest BCUT2D eigenvalue weighted by Gasteiger charge is 2.19. The SMILES string of the molecule is CCN(CC(=O)Nc1ccc2c(c1)OCCO2)C(=O)c1ccc(C(=O)O)cc1. The third kappa shape index (κ3) is 4.40. The van der Waals surface area contributed by atoms with E-state index in [0.29, 0.717) is 42.5 Å². The van der Waals surface area contributed by atoms with E-state index in [1.807, 2.05) is 0 Å². The third-order valence-corrected chi connectivity index (χ3v) is 4.21. The molecule has 28 heavy (non-hydrogen) atoms. The summed E-state index contributed by atoms with van der Waals surface area (Å²) in [7, 11) is 0. The van der Waals surface area contributed by atoms with Crippen LogP contribution in [-0.2, 0) is 4.79 Å². The summed E-state index contributed by atoms with van der Waals surface area (Å²) in [5.74, 6) is -0.582. The number of rotatable bonds is 6. The second-order valence-electron chi connectivity index (χ2n) is 6.11. The van der Waals surface area contributed by atoms with Crippen LogP contribution in [0.3, 0.4) is 0 Å². The first-order valence-corrected chi connectivity index (χ1v) is 8.80. The Kier molecular flexibility index (Phi) is 5.78. The largest absolute Gasteiger partial charge is 0.486 e. The number of carboxylic acids is 1. The van der Waals surface area contributed by atoms with E-state index >= 15 is 0 Å². The number of hydrogen-bond acceptors (Lipinski definition) is 5. The van der Waals surface area contributed by atoms with Crippen molar-refractivity contribution in [2.45, 2.75) is 6.92 Å². The number of anilines is 1. The molecule has 0 aromatic heterocycles. The highest BCUT2D eigenvalue weighted by molar-refractivity contribution is 6.00. The number of benzene rings is 2. The Morgan fingerprint density at radius 1 is 1.00 bits per heavy atom. The average Bonchev–Trinajstić information content (AvgIpc) is 2.71. The molecule has 0 saturated heterocycles. The molecule has 2 aromatic rings. The lowest BCUT2D eigenvalue weighted by Crippen LogP contribution is -2.37. The molecule has 8 nitrogen and oxygen atoms in total. The lowest BCUT2D eigenvalue weighted by Gasteiger charge is -2.21. The molecule has 1 aliphatic rings. The number of aromatic carboxylic acids is 1. The van der Waals surface area contributed by atoms with E-state index in [9.17, 15) is 14.4 Å². The smallest absolute Gasteiger partial charge is 0.335 e. The molecular weight excluding hydrogens is 364 g/mol. The molecule has 8 heteroatoms. The molecule has 146 valence electrons. The Bertz CT molecular complexity index is 894. The molecule has 0 spiro atoms. The average molecular weight is 384 g/mol. The maximum atomic E-state index is 12.6. The summed E-state index contributed by atoms with van der Waals surface area (Å²) < 4.78 is 10.9. The topological polar surface area (TPSA) is 105 Å². The van der Waals surface area contributed by atoms with Crippen molar-refractivity contribution in [1.82, 2.24) is 4.90 Å². The van der Waals surface area contributed by atoms with Gasteiger partial charge in [-0.05, 0) is 43.3 Å². The lowest BCUT2D eigenvalue weighted by atomic mass is 10.1. The van der Waals surface area contributed by atoms with Crippen LogP contribution in [0.25, 0.3) is 0 Å². The predicted octanol–water partition coefficient (Wildman–Crippen LogP) is 2.26. The Hall–Kier alpha value is -3.55. The van der Waals surface area contributed by atoms with Crippen LogP contribution in [0.5, 0.6) is 11.5 Å². The van der Waals surface area contributed by atoms with Crippen molar-refractivity contribution in [2.24, 2.45) is 0 Å². The van der Waals surface area contributed by atoms with Crippen molar-refractivity contribution >= 4 is 23.5 Å². The monoisotopic (exact) mass is 384 g/mol. The van der Waals surface area contributed by atoms with Gasteiger partial charge in [0.2, 0.25) is 5.91 Å². The van der Waals surface area contributed by atoms with Crippen LogP contribution in [0, 0.1) is 0 Å². The maximum absolute atomic E-state index is 12.6. The number of carbonyl (C=O) groups excluding carboxylic acids is 2. The molecule has 3 rings (SSSR count). The van der Waals surface area contributed by atoms with E-state index in [4.69, 9.17) is 14.6 Å². The van der Waals surface area contributed by atoms with Gasteiger partial charge in [0, 0.05) is 23.9 Å². The zero-order chi connectivity index (χ0) is 20.1. The van der Waals surface area contributed by atoms with Gasteiger partial charge in [0.05, 0.1) is 5.56 Å². The van der Waals surface area contributed by atoms with E-state index < -0.39 is 5.97 Å². The fraction of sp³-hybridized carbons (Fsp3) is 0.250. The van der Waals surface area contributed by atoms with Crippen molar-refractivity contribution in [3.05, 3.63) is 53.6 Å². The van der Waals surface area contributed by atoms with Crippen LogP contribution in [0.15, 0.2) is 42.5 Å². The van der Waals surface area contributed by atoms with E-state index in [2.05, 4.69) is 5.32 Å². The van der Waals surface area contributed by atoms with Gasteiger partial charge in [0.25, 0.3) is 5.91 Å². The molecule has 0 atom stereocenters. The van der Waals surface area contributed by atoms with Crippen LogP contribution in [0.2, 0.25) is 0 Å². The summed E-state index contributed by atoms with van der Waals surface area (Å²) >= 11 is 0. The van der Waals surface area contributed by atoms with Gasteiger partial charge >= 0.3 is 5.97 Å². The van der Waals surface area contributed by atoms with Gasteiger partial charge in [0.15, 0.2) is 11.5 Å². The number of ether oxygens (including phenoxy) is 2. The molecule has 0 unspecified atom stereocenters. The molecule has 2 aromatic carbocycles. The van der Waals surface area contributed by atoms with E-state index in [-0.39, 0.29) is 23.9 Å². The highest BCUT2D eigenvalue weighted by atomic mass is 16.6. The van der Waals surface area contributed by atoms with Crippen LogP contribution >= 0.6 is 0 Å². The second kappa shape index (κ2) is 8.43. The Morgan fingerprint density at radius 3 is 2.29 bits per heavy atom. The number of nitrogens with zero attached hydrogens (tertiary/aromatic N) is 1. The predicted molar refractivity (Wildman–Crippen MR) is 101 cm³/mol. The summed E-state index contributed by atoms with van der Waals surface area (Å²) in [5, 5.41) is 11.7. The number of likely N-dealkylation sites (N-methyl/N-ethyl adjacent to an activating group) is 1. The number of hydrogen-bond donors (Lipinski definition) is 2. The fourth-order valence-electron chi connectivity index (χ4n) is 2.76. The number of nitrogens with one attached hydrogen (secondary N) is 1. The molecular formula is C20H20N2O6. The normalized spacial score (nSPS) is 12.2. The van der Waals surface area contributed by atoms with Gasteiger partial charge in [-0.15, -0.1) is 0 Å². The minimum Gasteiger partial charge on any atom is -0.486 e. The standard InChI is InChI=1S/C20H20N2O6/c1-2-22(19(24)13-3-5-14(6-4-13)20(25)26)12-18(23)21-15-7-8-16-17(11-15)28-10-9-27-16/h3-8,11H,2,9-10,12H2,1H3,(H,21,23)(H,25,26). The van der Waals surface area contributed by atoms with E-state index in [1.54, 1.807) is 25.1 Å². The van der Waals surface area contributed by atoms with Gasteiger partial charge in [-0.1, -0.05) is 0 Å². The first-order chi connectivity index (χ1) is 13.5. The molecule has 0 saturated carbocycles. The minimum atomic E-state index is -1.06. The number of amides is 2. The highest BCUT2D eigenvalue weighted by Crippen LogP contribution is 2.32. The van der Waals surface area contributed by atoms with Crippen LogP contribution in [0.4, 0.5) is 5.69 Å². The van der Waals surface area contributed by atoms with Crippen molar-refractivity contribution < 1.29 is 29.0 Å². The van der Waals surface area contributed by atoms with Gasteiger partial charge in [0.1, 0.15) is 19.8 Å². The number of carbonyl (C=O) groups is 3. The zero-order valence-corrected chi connectivity index (χ0v) is 15.3. The Balaban J connectivity index is 1.64. The maximum Gasteiger partial charge on any atom is 0.335 e. The third-order valence-electron chi connectivity index (χ3n) is 4.21. The Morgan fingerprint density at radius 2 is 1.64 bits per heavy atom. The lowest BCUT2D eigenvalue weighted by molar-refractivity contribution is -0.116. The van der Waals surface area contributed by atoms with Crippen molar-refractivity contribution in [3.63, 3.8) is 0 Å². The molecule has 1 heterocycles. The Labute approximate surface area is 161 Å². The molecule has 0 radical (unpaired) electrons.